The van der Waals surface area contributed by atoms with E-state index in [1.807, 2.05) is 24.3 Å². The van der Waals surface area contributed by atoms with Gasteiger partial charge in [-0.25, -0.2) is 4.39 Å². The van der Waals surface area contributed by atoms with Crippen LogP contribution in [0.1, 0.15) is 38.8 Å². The number of likely N-dealkylation sites (N-methyl/N-ethyl adjacent to an activating group) is 1. The van der Waals surface area contributed by atoms with Crippen LogP contribution in [0.3, 0.4) is 0 Å². The summed E-state index contributed by atoms with van der Waals surface area (Å²) in [5.74, 6) is 2.39. The highest BCUT2D eigenvalue weighted by molar-refractivity contribution is 5.74. The minimum absolute atomic E-state index is 0.0105. The molecule has 1 saturated heterocycles. The first-order valence-corrected chi connectivity index (χ1v) is 15.8. The third kappa shape index (κ3) is 9.00. The summed E-state index contributed by atoms with van der Waals surface area (Å²) in [6.45, 7) is 15.9. The zero-order valence-electron chi connectivity index (χ0n) is 28.4. The van der Waals surface area contributed by atoms with Gasteiger partial charge in [0, 0.05) is 75.5 Å². The fourth-order valence-electron chi connectivity index (χ4n) is 6.04. The molecule has 0 bridgehead atoms. The summed E-state index contributed by atoms with van der Waals surface area (Å²) in [7, 11) is 7.14. The highest BCUT2D eigenvalue weighted by Crippen LogP contribution is 2.46. The molecule has 1 fully saturated rings. The van der Waals surface area contributed by atoms with Gasteiger partial charge >= 0.3 is 0 Å². The number of benzene rings is 2. The molecule has 0 aromatic heterocycles. The number of nitrogens with zero attached hydrogens (tertiary/aromatic N) is 2. The van der Waals surface area contributed by atoms with Crippen molar-refractivity contribution in [2.24, 2.45) is 11.3 Å². The second kappa shape index (κ2) is 15.5. The Balaban J connectivity index is 1.44. The maximum Gasteiger partial charge on any atom is 0.130 e. The third-order valence-corrected chi connectivity index (χ3v) is 8.98. The predicted molar refractivity (Wildman–Crippen MR) is 178 cm³/mol. The van der Waals surface area contributed by atoms with E-state index in [1.54, 1.807) is 33.5 Å². The van der Waals surface area contributed by atoms with Crippen LogP contribution < -0.4 is 24.3 Å². The molecule has 0 saturated carbocycles. The number of ether oxygens (including phenoxy) is 5. The monoisotopic (exact) mass is 625 g/mol. The van der Waals surface area contributed by atoms with Crippen LogP contribution in [-0.4, -0.2) is 96.3 Å². The van der Waals surface area contributed by atoms with Crippen LogP contribution in [0.25, 0.3) is 5.57 Å². The fraction of sp³-hybridized carbons (Fsp3) is 0.556. The lowest BCUT2D eigenvalue weighted by atomic mass is 9.68. The maximum absolute atomic E-state index is 15.1. The van der Waals surface area contributed by atoms with E-state index < -0.39 is 5.41 Å². The summed E-state index contributed by atoms with van der Waals surface area (Å²) in [6, 6.07) is 8.72. The van der Waals surface area contributed by atoms with Gasteiger partial charge in [-0.05, 0) is 50.1 Å². The van der Waals surface area contributed by atoms with E-state index in [2.05, 4.69) is 55.9 Å². The molecule has 248 valence electrons. The van der Waals surface area contributed by atoms with Crippen LogP contribution in [0.2, 0.25) is 0 Å². The number of piperazine rings is 1. The van der Waals surface area contributed by atoms with Crippen LogP contribution >= 0.6 is 0 Å². The number of hydrogen-bond acceptors (Lipinski definition) is 8. The van der Waals surface area contributed by atoms with Crippen molar-refractivity contribution in [3.05, 3.63) is 65.5 Å². The standard InChI is InChI=1S/C36H52FN3O5/c1-35(2,25-40-16-14-39(5)15-17-40)38-23-30-33(42-7)21-28(22-34(30)43-8)45-24-26-10-9-11-31(36(26,3)4)29-20-27(12-13-32(29)37)44-19-18-41-6/h9-13,20-22,26,38H,14-19,23-25H2,1-8H3. The van der Waals surface area contributed by atoms with E-state index >= 15 is 4.39 Å². The normalized spacial score (nSPS) is 18.9. The van der Waals surface area contributed by atoms with Gasteiger partial charge in [-0.1, -0.05) is 32.1 Å². The molecule has 0 radical (unpaired) electrons. The summed E-state index contributed by atoms with van der Waals surface area (Å²) in [4.78, 5) is 4.89. The maximum atomic E-state index is 15.1. The molecule has 0 amide bonds. The van der Waals surface area contributed by atoms with Gasteiger partial charge < -0.3 is 33.9 Å². The molecule has 1 aliphatic heterocycles. The number of nitrogens with one attached hydrogen (secondary N) is 1. The molecule has 9 heteroatoms. The van der Waals surface area contributed by atoms with Crippen molar-refractivity contribution in [3.8, 4) is 23.0 Å². The summed E-state index contributed by atoms with van der Waals surface area (Å²) < 4.78 is 44.0. The van der Waals surface area contributed by atoms with E-state index in [0.29, 0.717) is 54.9 Å². The minimum atomic E-state index is -0.409. The lowest BCUT2D eigenvalue weighted by Crippen LogP contribution is -2.53. The van der Waals surface area contributed by atoms with Crippen molar-refractivity contribution >= 4 is 5.57 Å². The Morgan fingerprint density at radius 2 is 1.62 bits per heavy atom. The number of halogens is 1. The van der Waals surface area contributed by atoms with Gasteiger partial charge in [0.05, 0.1) is 33.0 Å². The molecule has 2 aromatic rings. The number of rotatable bonds is 15. The number of allylic oxidation sites excluding steroid dienone is 3. The topological polar surface area (TPSA) is 64.7 Å². The molecule has 1 unspecified atom stereocenters. The van der Waals surface area contributed by atoms with Gasteiger partial charge in [0.25, 0.3) is 0 Å². The molecule has 45 heavy (non-hydrogen) atoms. The molecule has 1 atom stereocenters. The van der Waals surface area contributed by atoms with Crippen molar-refractivity contribution in [1.82, 2.24) is 15.1 Å². The van der Waals surface area contributed by atoms with Crippen LogP contribution in [0.15, 0.2) is 48.6 Å². The van der Waals surface area contributed by atoms with Crippen molar-refractivity contribution in [1.29, 1.82) is 0 Å². The minimum Gasteiger partial charge on any atom is -0.496 e. The second-order valence-corrected chi connectivity index (χ2v) is 13.2. The Kier molecular flexibility index (Phi) is 11.9. The fourth-order valence-corrected chi connectivity index (χ4v) is 6.04. The zero-order chi connectivity index (χ0) is 32.6. The molecular weight excluding hydrogens is 573 g/mol. The van der Waals surface area contributed by atoms with Crippen LogP contribution in [0, 0.1) is 17.2 Å². The molecule has 1 heterocycles. The lowest BCUT2D eigenvalue weighted by molar-refractivity contribution is 0.123. The Bertz CT molecular complexity index is 1310. The van der Waals surface area contributed by atoms with Gasteiger partial charge in [0.15, 0.2) is 0 Å². The smallest absolute Gasteiger partial charge is 0.130 e. The van der Waals surface area contributed by atoms with E-state index in [0.717, 1.165) is 43.9 Å². The van der Waals surface area contributed by atoms with E-state index in [1.165, 1.54) is 6.07 Å². The average molecular weight is 626 g/mol. The van der Waals surface area contributed by atoms with Crippen LogP contribution in [0.4, 0.5) is 4.39 Å². The molecule has 4 rings (SSSR count). The summed E-state index contributed by atoms with van der Waals surface area (Å²) in [5.41, 5.74) is 1.86. The van der Waals surface area contributed by atoms with Gasteiger partial charge in [0.1, 0.15) is 35.4 Å². The molecular formula is C36H52FN3O5. The SMILES string of the molecule is COCCOc1ccc(F)c(C2=CC=CC(COc3cc(OC)c(CNC(C)(C)CN4CCN(C)CC4)c(OC)c3)C2(C)C)c1. The van der Waals surface area contributed by atoms with Crippen molar-refractivity contribution in [2.75, 3.05) is 80.9 Å². The van der Waals surface area contributed by atoms with Crippen molar-refractivity contribution in [2.45, 2.75) is 39.8 Å². The molecule has 2 aliphatic rings. The van der Waals surface area contributed by atoms with E-state index in [4.69, 9.17) is 23.7 Å². The Hall–Kier alpha value is -3.11. The molecule has 1 N–H and O–H groups in total. The highest BCUT2D eigenvalue weighted by Gasteiger charge is 2.36. The van der Waals surface area contributed by atoms with Crippen LogP contribution in [0.5, 0.6) is 23.0 Å². The van der Waals surface area contributed by atoms with Crippen molar-refractivity contribution in [3.63, 3.8) is 0 Å². The first kappa shape index (κ1) is 34.8. The second-order valence-electron chi connectivity index (χ2n) is 13.2. The largest absolute Gasteiger partial charge is 0.496 e. The van der Waals surface area contributed by atoms with Gasteiger partial charge in [-0.15, -0.1) is 0 Å². The Morgan fingerprint density at radius 3 is 2.27 bits per heavy atom. The molecule has 8 nitrogen and oxygen atoms in total. The number of methoxy groups -OCH3 is 3. The van der Waals surface area contributed by atoms with Gasteiger partial charge in [-0.3, -0.25) is 4.90 Å². The summed E-state index contributed by atoms with van der Waals surface area (Å²) >= 11 is 0. The zero-order valence-corrected chi connectivity index (χ0v) is 28.4. The van der Waals surface area contributed by atoms with Gasteiger partial charge in [-0.2, -0.15) is 0 Å². The predicted octanol–water partition coefficient (Wildman–Crippen LogP) is 5.66. The highest BCUT2D eigenvalue weighted by atomic mass is 19.1. The summed E-state index contributed by atoms with van der Waals surface area (Å²) in [6.07, 6.45) is 6.08. The molecule has 2 aromatic carbocycles. The van der Waals surface area contributed by atoms with E-state index in [9.17, 15) is 0 Å². The Morgan fingerprint density at radius 1 is 0.933 bits per heavy atom. The lowest BCUT2D eigenvalue weighted by Gasteiger charge is -2.38. The van der Waals surface area contributed by atoms with E-state index in [-0.39, 0.29) is 17.3 Å². The Labute approximate surface area is 269 Å². The van der Waals surface area contributed by atoms with Crippen LogP contribution in [-0.2, 0) is 11.3 Å². The summed E-state index contributed by atoms with van der Waals surface area (Å²) in [5, 5.41) is 3.72. The third-order valence-electron chi connectivity index (χ3n) is 8.98. The average Bonchev–Trinajstić information content (AvgIpc) is 3.01. The quantitative estimate of drug-likeness (QED) is 0.255. The first-order valence-electron chi connectivity index (χ1n) is 15.8. The van der Waals surface area contributed by atoms with Gasteiger partial charge in [0.2, 0.25) is 0 Å². The molecule has 1 aliphatic carbocycles. The number of hydrogen-bond donors (Lipinski definition) is 1. The first-order chi connectivity index (χ1) is 21.5. The van der Waals surface area contributed by atoms with Crippen molar-refractivity contribution < 1.29 is 28.1 Å². The molecule has 0 spiro atoms.